The molecule has 0 aliphatic carbocycles. The van der Waals surface area contributed by atoms with Gasteiger partial charge in [-0.25, -0.2) is 0 Å². The summed E-state index contributed by atoms with van der Waals surface area (Å²) in [4.78, 5) is 41.2. The highest BCUT2D eigenvalue weighted by Crippen LogP contribution is 2.44. The number of benzene rings is 3. The number of aliphatic hydroxyl groups excluding tert-OH is 1. The lowest BCUT2D eigenvalue weighted by Gasteiger charge is -2.26. The number of methoxy groups -OCH3 is 2. The molecule has 0 saturated carbocycles. The van der Waals surface area contributed by atoms with Crippen molar-refractivity contribution in [2.75, 3.05) is 38.1 Å². The molecule has 1 fully saturated rings. The summed E-state index contributed by atoms with van der Waals surface area (Å²) >= 11 is 0. The van der Waals surface area contributed by atoms with Crippen molar-refractivity contribution in [3.8, 4) is 11.5 Å². The Kier molecular flexibility index (Phi) is 7.38. The van der Waals surface area contributed by atoms with E-state index in [1.54, 1.807) is 48.5 Å². The smallest absolute Gasteiger partial charge is 0.307 e. The highest BCUT2D eigenvalue weighted by Gasteiger charge is 2.47. The van der Waals surface area contributed by atoms with Gasteiger partial charge in [-0.3, -0.25) is 19.3 Å². The fraction of sp³-hybridized carbons (Fsp3) is 0.207. The van der Waals surface area contributed by atoms with Gasteiger partial charge in [0, 0.05) is 25.5 Å². The van der Waals surface area contributed by atoms with Gasteiger partial charge >= 0.3 is 5.97 Å². The molecule has 0 aromatic heterocycles. The summed E-state index contributed by atoms with van der Waals surface area (Å²) in [5.41, 5.74) is 2.56. The normalized spacial score (nSPS) is 16.4. The Bertz CT molecular complexity index is 1410. The van der Waals surface area contributed by atoms with Crippen molar-refractivity contribution in [3.05, 3.63) is 89.0 Å². The van der Waals surface area contributed by atoms with Crippen LogP contribution < -0.4 is 19.3 Å². The molecule has 38 heavy (non-hydrogen) atoms. The summed E-state index contributed by atoms with van der Waals surface area (Å²) in [6.07, 6.45) is -0.176. The Morgan fingerprint density at radius 3 is 2.13 bits per heavy atom. The minimum absolute atomic E-state index is 0.103. The number of carbonyl (C=O) groups is 3. The molecule has 9 nitrogen and oxygen atoms in total. The average molecular weight is 517 g/mol. The summed E-state index contributed by atoms with van der Waals surface area (Å²) < 4.78 is 10.7. The van der Waals surface area contributed by atoms with Gasteiger partial charge in [0.05, 0.1) is 37.8 Å². The summed E-state index contributed by atoms with van der Waals surface area (Å²) in [7, 11) is 6.71. The third-order valence-corrected chi connectivity index (χ3v) is 6.40. The molecular weight excluding hydrogens is 488 g/mol. The zero-order chi connectivity index (χ0) is 27.6. The zero-order valence-corrected chi connectivity index (χ0v) is 21.5. The Balaban J connectivity index is 1.92. The van der Waals surface area contributed by atoms with Crippen LogP contribution in [-0.2, 0) is 20.8 Å². The number of carboxylic acid groups (broad SMARTS) is 1. The number of nitrogens with zero attached hydrogens (tertiary/aromatic N) is 2. The molecule has 4 rings (SSSR count). The van der Waals surface area contributed by atoms with Crippen molar-refractivity contribution >= 4 is 34.8 Å². The number of carboxylic acids is 1. The van der Waals surface area contributed by atoms with Crippen molar-refractivity contribution in [2.45, 2.75) is 12.5 Å². The lowest BCUT2D eigenvalue weighted by molar-refractivity contribution is -0.136. The fourth-order valence-electron chi connectivity index (χ4n) is 4.46. The average Bonchev–Trinajstić information content (AvgIpc) is 3.18. The second-order valence-electron chi connectivity index (χ2n) is 8.96. The minimum Gasteiger partial charge on any atom is -0.507 e. The van der Waals surface area contributed by atoms with E-state index in [1.165, 1.54) is 25.2 Å². The zero-order valence-electron chi connectivity index (χ0n) is 21.5. The van der Waals surface area contributed by atoms with Crippen LogP contribution in [0.5, 0.6) is 11.5 Å². The topological polar surface area (TPSA) is 117 Å². The highest BCUT2D eigenvalue weighted by atomic mass is 16.5. The molecule has 1 unspecified atom stereocenters. The number of aliphatic carboxylic acids is 1. The molecule has 3 aromatic rings. The lowest BCUT2D eigenvalue weighted by atomic mass is 9.94. The number of amides is 1. The minimum atomic E-state index is -0.980. The quantitative estimate of drug-likeness (QED) is 0.262. The Morgan fingerprint density at radius 1 is 0.921 bits per heavy atom. The number of hydrogen-bond donors (Lipinski definition) is 2. The third-order valence-electron chi connectivity index (χ3n) is 6.40. The first kappa shape index (κ1) is 26.3. The Hall–Kier alpha value is -4.79. The van der Waals surface area contributed by atoms with E-state index in [1.807, 2.05) is 31.1 Å². The monoisotopic (exact) mass is 516 g/mol. The molecule has 2 N–H and O–H groups in total. The number of hydrogen-bond acceptors (Lipinski definition) is 7. The predicted octanol–water partition coefficient (Wildman–Crippen LogP) is 4.02. The van der Waals surface area contributed by atoms with E-state index in [-0.39, 0.29) is 17.6 Å². The van der Waals surface area contributed by atoms with E-state index in [0.29, 0.717) is 28.3 Å². The number of ketones is 1. The van der Waals surface area contributed by atoms with Crippen LogP contribution in [0.15, 0.2) is 72.3 Å². The van der Waals surface area contributed by atoms with Crippen LogP contribution in [0, 0.1) is 0 Å². The van der Waals surface area contributed by atoms with Gasteiger partial charge in [0.25, 0.3) is 11.7 Å². The van der Waals surface area contributed by atoms with Crippen molar-refractivity contribution in [1.82, 2.24) is 0 Å². The number of ether oxygens (including phenoxy) is 2. The van der Waals surface area contributed by atoms with Gasteiger partial charge < -0.3 is 24.6 Å². The van der Waals surface area contributed by atoms with E-state index >= 15 is 0 Å². The molecule has 1 aliphatic rings. The molecular formula is C29H28N2O7. The van der Waals surface area contributed by atoms with Gasteiger partial charge in [0.2, 0.25) is 0 Å². The first-order valence-corrected chi connectivity index (χ1v) is 11.8. The largest absolute Gasteiger partial charge is 0.507 e. The molecule has 196 valence electrons. The Morgan fingerprint density at radius 2 is 1.58 bits per heavy atom. The number of anilines is 2. The summed E-state index contributed by atoms with van der Waals surface area (Å²) in [5.74, 6) is -2.32. The molecule has 9 heteroatoms. The lowest BCUT2D eigenvalue weighted by Crippen LogP contribution is -2.29. The predicted molar refractivity (Wildman–Crippen MR) is 143 cm³/mol. The van der Waals surface area contributed by atoms with Crippen molar-refractivity contribution in [1.29, 1.82) is 0 Å². The highest BCUT2D eigenvalue weighted by molar-refractivity contribution is 6.51. The van der Waals surface area contributed by atoms with E-state index in [0.717, 1.165) is 5.69 Å². The molecule has 1 atom stereocenters. The summed E-state index contributed by atoms with van der Waals surface area (Å²) in [6, 6.07) is 17.5. The first-order valence-electron chi connectivity index (χ1n) is 11.8. The number of rotatable bonds is 8. The van der Waals surface area contributed by atoms with Crippen LogP contribution in [0.3, 0.4) is 0 Å². The van der Waals surface area contributed by atoms with Gasteiger partial charge in [-0.05, 0) is 53.6 Å². The molecule has 1 aliphatic heterocycles. The molecule has 0 radical (unpaired) electrons. The summed E-state index contributed by atoms with van der Waals surface area (Å²) in [5, 5.41) is 20.6. The number of carbonyl (C=O) groups excluding carboxylic acids is 2. The van der Waals surface area contributed by atoms with Gasteiger partial charge in [-0.1, -0.05) is 24.3 Å². The van der Waals surface area contributed by atoms with Crippen LogP contribution in [0.25, 0.3) is 5.76 Å². The first-order chi connectivity index (χ1) is 18.2. The van der Waals surface area contributed by atoms with Crippen LogP contribution in [-0.4, -0.2) is 56.2 Å². The van der Waals surface area contributed by atoms with E-state index in [9.17, 15) is 19.5 Å². The van der Waals surface area contributed by atoms with E-state index in [2.05, 4.69) is 0 Å². The van der Waals surface area contributed by atoms with Crippen LogP contribution >= 0.6 is 0 Å². The maximum absolute atomic E-state index is 13.5. The van der Waals surface area contributed by atoms with E-state index in [4.69, 9.17) is 14.6 Å². The second kappa shape index (κ2) is 10.7. The maximum Gasteiger partial charge on any atom is 0.307 e. The van der Waals surface area contributed by atoms with Gasteiger partial charge in [-0.15, -0.1) is 0 Å². The number of aliphatic hydroxyl groups is 1. The second-order valence-corrected chi connectivity index (χ2v) is 8.96. The van der Waals surface area contributed by atoms with Gasteiger partial charge in [0.15, 0.2) is 0 Å². The Labute approximate surface area is 220 Å². The van der Waals surface area contributed by atoms with Crippen LogP contribution in [0.2, 0.25) is 0 Å². The molecule has 0 bridgehead atoms. The van der Waals surface area contributed by atoms with Crippen molar-refractivity contribution in [2.24, 2.45) is 0 Å². The standard InChI is InChI=1S/C29H28N2O7/c1-30(2)19-11-7-18(8-12-19)26-25(27(34)22-16-21(37-3)13-14-23(22)38-4)28(35)29(36)31(26)20-9-5-17(6-10-20)15-24(32)33/h5-14,16,26,34H,15H2,1-4H3,(H,32,33)/b27-25+. The van der Waals surface area contributed by atoms with Crippen LogP contribution in [0.1, 0.15) is 22.7 Å². The van der Waals surface area contributed by atoms with Gasteiger partial charge in [0.1, 0.15) is 17.3 Å². The number of Topliss-reactive ketones (excluding diaryl/α,β-unsaturated/α-hetero) is 1. The molecule has 3 aromatic carbocycles. The SMILES string of the molecule is COc1ccc(OC)c(/C(O)=C2\C(=O)C(=O)N(c3ccc(CC(=O)O)cc3)C2c2ccc(N(C)C)cc2)c1. The third kappa shape index (κ3) is 4.90. The summed E-state index contributed by atoms with van der Waals surface area (Å²) in [6.45, 7) is 0. The fourth-order valence-corrected chi connectivity index (χ4v) is 4.46. The molecule has 1 amide bonds. The molecule has 1 saturated heterocycles. The van der Waals surface area contributed by atoms with Crippen LogP contribution in [0.4, 0.5) is 11.4 Å². The van der Waals surface area contributed by atoms with E-state index < -0.39 is 29.5 Å². The molecule has 1 heterocycles. The van der Waals surface area contributed by atoms with Crippen molar-refractivity contribution in [3.63, 3.8) is 0 Å². The van der Waals surface area contributed by atoms with Crippen molar-refractivity contribution < 1.29 is 34.1 Å². The molecule has 0 spiro atoms. The van der Waals surface area contributed by atoms with Gasteiger partial charge in [-0.2, -0.15) is 0 Å². The maximum atomic E-state index is 13.5.